The lowest BCUT2D eigenvalue weighted by atomic mass is 10.1. The zero-order chi connectivity index (χ0) is 23.3. The summed E-state index contributed by atoms with van der Waals surface area (Å²) in [4.78, 5) is 19.2. The van der Waals surface area contributed by atoms with Crippen molar-refractivity contribution in [2.24, 2.45) is 0 Å². The van der Waals surface area contributed by atoms with Crippen LogP contribution in [0.1, 0.15) is 21.5 Å². The molecule has 1 amide bonds. The molecule has 0 bridgehead atoms. The quantitative estimate of drug-likeness (QED) is 0.277. The normalized spacial score (nSPS) is 10.2. The zero-order valence-corrected chi connectivity index (χ0v) is 19.3. The third-order valence-electron chi connectivity index (χ3n) is 4.56. The Labute approximate surface area is 196 Å². The second-order valence-corrected chi connectivity index (χ2v) is 7.85. The topological polar surface area (TPSA) is 90.3 Å². The molecule has 0 saturated carbocycles. The number of amidine groups is 1. The Hall–Kier alpha value is -3.49. The van der Waals surface area contributed by atoms with Gasteiger partial charge in [-0.25, -0.2) is 4.98 Å². The zero-order valence-electron chi connectivity index (χ0n) is 17.8. The van der Waals surface area contributed by atoms with Crippen molar-refractivity contribution >= 4 is 52.1 Å². The predicted octanol–water partition coefficient (Wildman–Crippen LogP) is 4.67. The average Bonchev–Trinajstić information content (AvgIpc) is 2.80. The number of benzene rings is 2. The summed E-state index contributed by atoms with van der Waals surface area (Å²) in [5.41, 5.74) is 2.40. The number of nitrogens with zero attached hydrogens (tertiary/aromatic N) is 2. The lowest BCUT2D eigenvalue weighted by Gasteiger charge is -2.16. The van der Waals surface area contributed by atoms with Crippen LogP contribution in [0.25, 0.3) is 0 Å². The van der Waals surface area contributed by atoms with Crippen molar-refractivity contribution in [3.8, 4) is 5.75 Å². The van der Waals surface area contributed by atoms with E-state index in [4.69, 9.17) is 34.0 Å². The molecule has 0 saturated heterocycles. The maximum Gasteiger partial charge on any atom is 0.259 e. The molecule has 2 aromatic carbocycles. The molecule has 7 nitrogen and oxygen atoms in total. The van der Waals surface area contributed by atoms with E-state index >= 15 is 0 Å². The molecule has 0 spiro atoms. The number of aromatic nitrogens is 1. The first kappa shape index (κ1) is 23.2. The number of hydrogen-bond donors (Lipinski definition) is 3. The van der Waals surface area contributed by atoms with Gasteiger partial charge in [0, 0.05) is 31.4 Å². The van der Waals surface area contributed by atoms with Crippen LogP contribution in [0.3, 0.4) is 0 Å². The number of thiocarbonyl (C=S) groups is 1. The van der Waals surface area contributed by atoms with Gasteiger partial charge < -0.3 is 20.3 Å². The van der Waals surface area contributed by atoms with Gasteiger partial charge in [-0.3, -0.25) is 10.2 Å². The molecule has 1 heterocycles. The Morgan fingerprint density at radius 3 is 2.34 bits per heavy atom. The minimum Gasteiger partial charge on any atom is -0.497 e. The van der Waals surface area contributed by atoms with Crippen molar-refractivity contribution in [1.29, 1.82) is 5.41 Å². The molecule has 9 heteroatoms. The molecule has 3 rings (SSSR count). The second-order valence-electron chi connectivity index (χ2n) is 7.00. The van der Waals surface area contributed by atoms with Crippen LogP contribution in [0.2, 0.25) is 5.02 Å². The summed E-state index contributed by atoms with van der Waals surface area (Å²) in [6.07, 6.45) is 1.46. The van der Waals surface area contributed by atoms with E-state index in [1.165, 1.54) is 13.3 Å². The fourth-order valence-electron chi connectivity index (χ4n) is 2.81. The van der Waals surface area contributed by atoms with Crippen molar-refractivity contribution in [3.05, 3.63) is 82.5 Å². The summed E-state index contributed by atoms with van der Waals surface area (Å²) < 4.78 is 5.27. The number of pyridine rings is 1. The van der Waals surface area contributed by atoms with Crippen LogP contribution in [-0.2, 0) is 0 Å². The number of ether oxygens (including phenoxy) is 1. The van der Waals surface area contributed by atoms with Gasteiger partial charge in [-0.2, -0.15) is 0 Å². The van der Waals surface area contributed by atoms with Gasteiger partial charge in [0.25, 0.3) is 5.91 Å². The first-order valence-corrected chi connectivity index (χ1v) is 10.4. The summed E-state index contributed by atoms with van der Waals surface area (Å²) in [6, 6.07) is 15.7. The van der Waals surface area contributed by atoms with Gasteiger partial charge in [-0.05, 0) is 30.3 Å². The van der Waals surface area contributed by atoms with E-state index in [9.17, 15) is 4.79 Å². The summed E-state index contributed by atoms with van der Waals surface area (Å²) in [5, 5.41) is 14.4. The van der Waals surface area contributed by atoms with Crippen LogP contribution >= 0.6 is 23.8 Å². The van der Waals surface area contributed by atoms with Crippen LogP contribution in [0.4, 0.5) is 11.5 Å². The number of amides is 1. The molecule has 3 aromatic rings. The minimum absolute atomic E-state index is 0.342. The highest BCUT2D eigenvalue weighted by atomic mass is 35.5. The molecular weight excluding hydrogens is 446 g/mol. The van der Waals surface area contributed by atoms with Gasteiger partial charge in [0.2, 0.25) is 0 Å². The number of nitrogens with one attached hydrogen (secondary N) is 3. The largest absolute Gasteiger partial charge is 0.497 e. The number of rotatable bonds is 6. The van der Waals surface area contributed by atoms with Crippen molar-refractivity contribution in [2.45, 2.75) is 0 Å². The second kappa shape index (κ2) is 10.2. The van der Waals surface area contributed by atoms with Crippen molar-refractivity contribution in [2.75, 3.05) is 31.8 Å². The highest BCUT2D eigenvalue weighted by Gasteiger charge is 2.16. The van der Waals surface area contributed by atoms with Gasteiger partial charge in [0.15, 0.2) is 0 Å². The molecule has 32 heavy (non-hydrogen) atoms. The number of halogens is 1. The van der Waals surface area contributed by atoms with E-state index in [2.05, 4.69) is 15.6 Å². The van der Waals surface area contributed by atoms with Crippen LogP contribution in [0.15, 0.2) is 60.8 Å². The Morgan fingerprint density at radius 2 is 1.75 bits per heavy atom. The SMILES string of the molecule is COc1ccc(NC(=S)c2ccc(C(=N)N(C)C)cc2)c(C(=O)Nc2ccc(Cl)cn2)c1. The third kappa shape index (κ3) is 5.60. The van der Waals surface area contributed by atoms with Gasteiger partial charge in [0.1, 0.15) is 22.4 Å². The average molecular weight is 468 g/mol. The monoisotopic (exact) mass is 467 g/mol. The van der Waals surface area contributed by atoms with Crippen LogP contribution in [0.5, 0.6) is 5.75 Å². The molecular formula is C23H22ClN5O2S. The van der Waals surface area contributed by atoms with Gasteiger partial charge in [-0.15, -0.1) is 0 Å². The number of carbonyl (C=O) groups is 1. The standard InChI is InChI=1S/C23H22ClN5O2S/c1-29(2)21(25)14-4-6-15(7-5-14)23(32)27-19-10-9-17(31-3)12-18(19)22(30)28-20-11-8-16(24)13-26-20/h4-13,25H,1-3H3,(H,27,32)(H,26,28,30). The molecule has 0 aliphatic heterocycles. The van der Waals surface area contributed by atoms with Crippen molar-refractivity contribution in [3.63, 3.8) is 0 Å². The molecule has 0 unspecified atom stereocenters. The van der Waals surface area contributed by atoms with Crippen LogP contribution < -0.4 is 15.4 Å². The highest BCUT2D eigenvalue weighted by molar-refractivity contribution is 7.81. The fraction of sp³-hybridized carbons (Fsp3) is 0.130. The molecule has 0 atom stereocenters. The molecule has 164 valence electrons. The lowest BCUT2D eigenvalue weighted by molar-refractivity contribution is 0.102. The maximum atomic E-state index is 12.9. The maximum absolute atomic E-state index is 12.9. The number of hydrogen-bond acceptors (Lipinski definition) is 5. The van der Waals surface area contributed by atoms with Gasteiger partial charge in [-0.1, -0.05) is 48.1 Å². The predicted molar refractivity (Wildman–Crippen MR) is 132 cm³/mol. The Bertz CT molecular complexity index is 1150. The Kier molecular flexibility index (Phi) is 7.40. The first-order chi connectivity index (χ1) is 15.3. The van der Waals surface area contributed by atoms with E-state index in [0.29, 0.717) is 38.7 Å². The molecule has 1 aromatic heterocycles. The van der Waals surface area contributed by atoms with Crippen molar-refractivity contribution in [1.82, 2.24) is 9.88 Å². The van der Waals surface area contributed by atoms with Crippen LogP contribution in [0, 0.1) is 5.41 Å². The molecule has 0 radical (unpaired) electrons. The highest BCUT2D eigenvalue weighted by Crippen LogP contribution is 2.24. The summed E-state index contributed by atoms with van der Waals surface area (Å²) in [7, 11) is 5.17. The molecule has 0 aliphatic rings. The van der Waals surface area contributed by atoms with Gasteiger partial charge in [0.05, 0.1) is 23.4 Å². The molecule has 0 aliphatic carbocycles. The molecule has 0 fully saturated rings. The van der Waals surface area contributed by atoms with Crippen LogP contribution in [-0.4, -0.2) is 47.8 Å². The number of anilines is 2. The third-order valence-corrected chi connectivity index (χ3v) is 5.12. The fourth-order valence-corrected chi connectivity index (χ4v) is 3.17. The summed E-state index contributed by atoms with van der Waals surface area (Å²) in [6.45, 7) is 0. The van der Waals surface area contributed by atoms with E-state index in [1.807, 2.05) is 38.4 Å². The smallest absolute Gasteiger partial charge is 0.259 e. The van der Waals surface area contributed by atoms with E-state index in [1.54, 1.807) is 35.2 Å². The Balaban J connectivity index is 1.82. The molecule has 3 N–H and O–H groups in total. The number of methoxy groups -OCH3 is 1. The summed E-state index contributed by atoms with van der Waals surface area (Å²) >= 11 is 11.4. The van der Waals surface area contributed by atoms with Crippen molar-refractivity contribution < 1.29 is 9.53 Å². The summed E-state index contributed by atoms with van der Waals surface area (Å²) in [5.74, 6) is 0.927. The minimum atomic E-state index is -0.376. The number of carbonyl (C=O) groups excluding carboxylic acids is 1. The van der Waals surface area contributed by atoms with Gasteiger partial charge >= 0.3 is 0 Å². The first-order valence-electron chi connectivity index (χ1n) is 9.57. The van der Waals surface area contributed by atoms with E-state index < -0.39 is 0 Å². The Morgan fingerprint density at radius 1 is 1.06 bits per heavy atom. The van der Waals surface area contributed by atoms with E-state index in [0.717, 1.165) is 11.1 Å². The lowest BCUT2D eigenvalue weighted by Crippen LogP contribution is -2.22. The van der Waals surface area contributed by atoms with E-state index in [-0.39, 0.29) is 5.91 Å².